The lowest BCUT2D eigenvalue weighted by Crippen LogP contribution is -2.14. The summed E-state index contributed by atoms with van der Waals surface area (Å²) in [6.07, 6.45) is 0. The third kappa shape index (κ3) is 4.51. The molecule has 29 heavy (non-hydrogen) atoms. The van der Waals surface area contributed by atoms with Gasteiger partial charge in [-0.05, 0) is 73.2 Å². The Morgan fingerprint density at radius 3 is 1.79 bits per heavy atom. The zero-order chi connectivity index (χ0) is 21.4. The molecule has 0 fully saturated rings. The van der Waals surface area contributed by atoms with Gasteiger partial charge in [-0.15, -0.1) is 0 Å². The number of rotatable bonds is 5. The highest BCUT2D eigenvalue weighted by Gasteiger charge is 2.25. The van der Waals surface area contributed by atoms with E-state index in [0.717, 1.165) is 6.07 Å². The Kier molecular flexibility index (Phi) is 5.82. The molecule has 0 spiro atoms. The number of hydrogen-bond donors (Lipinski definition) is 2. The third-order valence-electron chi connectivity index (χ3n) is 4.06. The van der Waals surface area contributed by atoms with E-state index in [9.17, 15) is 21.9 Å². The SMILES string of the molecule is Cc1cc(NS(=O)(=O)c2ccc(Cl)cc2)cc(S(=O)(=O)c2ccc(Cl)cc2)c1O. The summed E-state index contributed by atoms with van der Waals surface area (Å²) in [6.45, 7) is 1.47. The smallest absolute Gasteiger partial charge is 0.261 e. The van der Waals surface area contributed by atoms with Gasteiger partial charge in [-0.1, -0.05) is 23.2 Å². The second-order valence-electron chi connectivity index (χ2n) is 6.16. The molecule has 0 heterocycles. The van der Waals surface area contributed by atoms with E-state index in [-0.39, 0.29) is 21.0 Å². The van der Waals surface area contributed by atoms with Crippen LogP contribution in [-0.2, 0) is 19.9 Å². The van der Waals surface area contributed by atoms with Crippen molar-refractivity contribution >= 4 is 48.7 Å². The number of benzene rings is 3. The topological polar surface area (TPSA) is 101 Å². The van der Waals surface area contributed by atoms with E-state index in [1.807, 2.05) is 0 Å². The Morgan fingerprint density at radius 1 is 0.793 bits per heavy atom. The van der Waals surface area contributed by atoms with Gasteiger partial charge in [0.25, 0.3) is 10.0 Å². The van der Waals surface area contributed by atoms with Gasteiger partial charge in [0, 0.05) is 10.0 Å². The van der Waals surface area contributed by atoms with Crippen molar-refractivity contribution in [3.63, 3.8) is 0 Å². The molecule has 152 valence electrons. The third-order valence-corrected chi connectivity index (χ3v) is 7.74. The van der Waals surface area contributed by atoms with E-state index in [1.165, 1.54) is 61.5 Å². The highest BCUT2D eigenvalue weighted by Crippen LogP contribution is 2.35. The summed E-state index contributed by atoms with van der Waals surface area (Å²) < 4.78 is 53.4. The number of sulfonamides is 1. The molecule has 0 saturated heterocycles. The maximum absolute atomic E-state index is 12.9. The first-order valence-corrected chi connectivity index (χ1v) is 11.9. The van der Waals surface area contributed by atoms with E-state index in [2.05, 4.69) is 4.72 Å². The van der Waals surface area contributed by atoms with Crippen molar-refractivity contribution in [3.8, 4) is 5.75 Å². The lowest BCUT2D eigenvalue weighted by Gasteiger charge is -2.14. The zero-order valence-corrected chi connectivity index (χ0v) is 18.1. The second-order valence-corrected chi connectivity index (χ2v) is 10.6. The van der Waals surface area contributed by atoms with E-state index in [0.29, 0.717) is 10.0 Å². The molecule has 10 heteroatoms. The number of sulfone groups is 1. The molecule has 0 aliphatic heterocycles. The van der Waals surface area contributed by atoms with Gasteiger partial charge in [0.1, 0.15) is 10.6 Å². The minimum atomic E-state index is -4.12. The Bertz CT molecular complexity index is 1270. The number of phenols is 1. The molecule has 0 radical (unpaired) electrons. The summed E-state index contributed by atoms with van der Waals surface area (Å²) in [5.74, 6) is -0.464. The van der Waals surface area contributed by atoms with Crippen LogP contribution in [0.4, 0.5) is 5.69 Å². The van der Waals surface area contributed by atoms with Crippen LogP contribution in [0.1, 0.15) is 5.56 Å². The predicted molar refractivity (Wildman–Crippen MR) is 112 cm³/mol. The molecule has 2 N–H and O–H groups in total. The molecular weight excluding hydrogens is 457 g/mol. The van der Waals surface area contributed by atoms with Gasteiger partial charge in [-0.25, -0.2) is 16.8 Å². The Labute approximate surface area is 178 Å². The minimum Gasteiger partial charge on any atom is -0.506 e. The summed E-state index contributed by atoms with van der Waals surface area (Å²) in [5.41, 5.74) is 0.177. The first kappa shape index (κ1) is 21.4. The molecular formula is C19H15Cl2NO5S2. The van der Waals surface area contributed by atoms with Gasteiger partial charge < -0.3 is 5.11 Å². The molecule has 0 unspecified atom stereocenters. The Balaban J connectivity index is 2.06. The van der Waals surface area contributed by atoms with Crippen molar-refractivity contribution in [1.82, 2.24) is 0 Å². The number of nitrogens with one attached hydrogen (secondary N) is 1. The zero-order valence-electron chi connectivity index (χ0n) is 14.9. The largest absolute Gasteiger partial charge is 0.506 e. The van der Waals surface area contributed by atoms with Crippen molar-refractivity contribution in [2.75, 3.05) is 4.72 Å². The molecule has 0 aliphatic rings. The quantitative estimate of drug-likeness (QED) is 0.527. The van der Waals surface area contributed by atoms with Crippen LogP contribution >= 0.6 is 23.2 Å². The fourth-order valence-electron chi connectivity index (χ4n) is 2.58. The first-order chi connectivity index (χ1) is 13.5. The van der Waals surface area contributed by atoms with E-state index < -0.39 is 30.5 Å². The molecule has 3 aromatic carbocycles. The number of anilines is 1. The van der Waals surface area contributed by atoms with Crippen molar-refractivity contribution in [3.05, 3.63) is 76.3 Å². The summed E-state index contributed by atoms with van der Waals surface area (Å²) in [6, 6.07) is 13.3. The number of aromatic hydroxyl groups is 1. The van der Waals surface area contributed by atoms with Crippen LogP contribution in [0.3, 0.4) is 0 Å². The predicted octanol–water partition coefficient (Wildman–Crippen LogP) is 4.64. The summed E-state index contributed by atoms with van der Waals surface area (Å²) in [5, 5.41) is 11.1. The van der Waals surface area contributed by atoms with Crippen molar-refractivity contribution < 1.29 is 21.9 Å². The summed E-state index contributed by atoms with van der Waals surface area (Å²) in [4.78, 5) is -0.558. The van der Waals surface area contributed by atoms with Crippen LogP contribution in [0.15, 0.2) is 75.4 Å². The maximum Gasteiger partial charge on any atom is 0.261 e. The highest BCUT2D eigenvalue weighted by molar-refractivity contribution is 7.92. The molecule has 0 bridgehead atoms. The molecule has 6 nitrogen and oxygen atoms in total. The summed E-state index contributed by atoms with van der Waals surface area (Å²) >= 11 is 11.6. The number of hydrogen-bond acceptors (Lipinski definition) is 5. The minimum absolute atomic E-state index is 0.0113. The summed E-state index contributed by atoms with van der Waals surface area (Å²) in [7, 11) is -8.11. The average Bonchev–Trinajstić information content (AvgIpc) is 2.65. The van der Waals surface area contributed by atoms with Crippen LogP contribution < -0.4 is 4.72 Å². The lowest BCUT2D eigenvalue weighted by atomic mass is 10.2. The fourth-order valence-corrected chi connectivity index (χ4v) is 5.32. The molecule has 3 rings (SSSR count). The van der Waals surface area contributed by atoms with Gasteiger partial charge in [0.05, 0.1) is 15.5 Å². The van der Waals surface area contributed by atoms with Crippen LogP contribution in [-0.4, -0.2) is 21.9 Å². The maximum atomic E-state index is 12.9. The average molecular weight is 472 g/mol. The Morgan fingerprint density at radius 2 is 1.28 bits per heavy atom. The van der Waals surface area contributed by atoms with Crippen molar-refractivity contribution in [2.24, 2.45) is 0 Å². The first-order valence-electron chi connectivity index (χ1n) is 8.13. The van der Waals surface area contributed by atoms with Crippen LogP contribution in [0, 0.1) is 6.92 Å². The standard InChI is InChI=1S/C19H15Cl2NO5S2/c1-12-10-15(22-29(26,27)17-8-4-14(21)5-9-17)11-18(19(12)23)28(24,25)16-6-2-13(20)3-7-16/h2-11,22-23H,1H3. The molecule has 0 aromatic heterocycles. The van der Waals surface area contributed by atoms with Crippen LogP contribution in [0.2, 0.25) is 10.0 Å². The fraction of sp³-hybridized carbons (Fsp3) is 0.0526. The number of halogens is 2. The molecule has 0 aliphatic carbocycles. The molecule has 3 aromatic rings. The van der Waals surface area contributed by atoms with Crippen LogP contribution in [0.25, 0.3) is 0 Å². The van der Waals surface area contributed by atoms with Crippen LogP contribution in [0.5, 0.6) is 5.75 Å². The molecule has 0 atom stereocenters. The van der Waals surface area contributed by atoms with Gasteiger partial charge in [0.2, 0.25) is 9.84 Å². The van der Waals surface area contributed by atoms with Gasteiger partial charge >= 0.3 is 0 Å². The van der Waals surface area contributed by atoms with Gasteiger partial charge in [0.15, 0.2) is 0 Å². The normalized spacial score (nSPS) is 12.0. The lowest BCUT2D eigenvalue weighted by molar-refractivity contribution is 0.454. The highest BCUT2D eigenvalue weighted by atomic mass is 35.5. The van der Waals surface area contributed by atoms with E-state index in [1.54, 1.807) is 0 Å². The second kappa shape index (κ2) is 7.87. The van der Waals surface area contributed by atoms with Gasteiger partial charge in [-0.3, -0.25) is 4.72 Å². The number of phenolic OH excluding ortho intramolecular Hbond substituents is 1. The number of aryl methyl sites for hydroxylation is 1. The van der Waals surface area contributed by atoms with E-state index in [4.69, 9.17) is 23.2 Å². The monoisotopic (exact) mass is 471 g/mol. The van der Waals surface area contributed by atoms with Crippen molar-refractivity contribution in [2.45, 2.75) is 21.6 Å². The Hall–Kier alpha value is -2.26. The van der Waals surface area contributed by atoms with Gasteiger partial charge in [-0.2, -0.15) is 0 Å². The van der Waals surface area contributed by atoms with E-state index >= 15 is 0 Å². The molecule has 0 saturated carbocycles. The molecule has 0 amide bonds. The van der Waals surface area contributed by atoms with Crippen molar-refractivity contribution in [1.29, 1.82) is 0 Å².